The van der Waals surface area contributed by atoms with E-state index in [0.717, 1.165) is 31.6 Å². The largest absolute Gasteiger partial charge is 0.339 e. The number of amides is 1. The number of fused-ring (bicyclic) bond motifs is 1. The van der Waals surface area contributed by atoms with Crippen LogP contribution in [0.5, 0.6) is 0 Å². The van der Waals surface area contributed by atoms with Crippen molar-refractivity contribution in [3.8, 4) is 5.69 Å². The van der Waals surface area contributed by atoms with E-state index in [2.05, 4.69) is 4.98 Å². The van der Waals surface area contributed by atoms with E-state index in [1.165, 1.54) is 17.4 Å². The summed E-state index contributed by atoms with van der Waals surface area (Å²) in [6, 6.07) is 14.5. The highest BCUT2D eigenvalue weighted by atomic mass is 32.1. The third-order valence-electron chi connectivity index (χ3n) is 5.05. The van der Waals surface area contributed by atoms with E-state index in [1.54, 1.807) is 18.2 Å². The van der Waals surface area contributed by atoms with Crippen LogP contribution in [0.3, 0.4) is 0 Å². The van der Waals surface area contributed by atoms with Crippen molar-refractivity contribution in [3.63, 3.8) is 0 Å². The summed E-state index contributed by atoms with van der Waals surface area (Å²) in [7, 11) is 0. The molecule has 2 heterocycles. The van der Waals surface area contributed by atoms with Gasteiger partial charge in [-0.15, -0.1) is 0 Å². The Labute approximate surface area is 162 Å². The van der Waals surface area contributed by atoms with Gasteiger partial charge in [-0.2, -0.15) is 0 Å². The summed E-state index contributed by atoms with van der Waals surface area (Å²) in [6.07, 6.45) is 4.44. The van der Waals surface area contributed by atoms with Crippen LogP contribution in [0.15, 0.2) is 53.3 Å². The molecule has 0 unspecified atom stereocenters. The molecule has 5 nitrogen and oxygen atoms in total. The first-order chi connectivity index (χ1) is 13.1. The predicted octanol–water partition coefficient (Wildman–Crippen LogP) is 4.06. The maximum Gasteiger partial charge on any atom is 0.266 e. The Balaban J connectivity index is 1.77. The monoisotopic (exact) mass is 379 g/mol. The van der Waals surface area contributed by atoms with Crippen molar-refractivity contribution in [1.82, 2.24) is 14.5 Å². The smallest absolute Gasteiger partial charge is 0.266 e. The van der Waals surface area contributed by atoms with E-state index in [0.29, 0.717) is 21.2 Å². The lowest BCUT2D eigenvalue weighted by molar-refractivity contribution is 0.0762. The van der Waals surface area contributed by atoms with E-state index in [4.69, 9.17) is 12.2 Å². The van der Waals surface area contributed by atoms with Crippen molar-refractivity contribution in [2.75, 3.05) is 13.1 Å². The van der Waals surface area contributed by atoms with Crippen LogP contribution < -0.4 is 5.56 Å². The van der Waals surface area contributed by atoms with Crippen LogP contribution in [0, 0.1) is 4.77 Å². The number of H-pyrrole nitrogens is 1. The first-order valence-corrected chi connectivity index (χ1v) is 9.70. The molecule has 0 saturated carbocycles. The molecule has 1 N–H and O–H groups in total. The van der Waals surface area contributed by atoms with E-state index >= 15 is 0 Å². The minimum atomic E-state index is -0.186. The lowest BCUT2D eigenvalue weighted by Crippen LogP contribution is -2.31. The first-order valence-electron chi connectivity index (χ1n) is 9.29. The van der Waals surface area contributed by atoms with Crippen molar-refractivity contribution in [3.05, 3.63) is 69.2 Å². The molecule has 6 heteroatoms. The van der Waals surface area contributed by atoms with E-state index in [1.807, 2.05) is 35.2 Å². The molecule has 1 aliphatic rings. The Kier molecular flexibility index (Phi) is 4.90. The number of para-hydroxylation sites is 1. The zero-order chi connectivity index (χ0) is 18.8. The van der Waals surface area contributed by atoms with Gasteiger partial charge in [0.2, 0.25) is 0 Å². The summed E-state index contributed by atoms with van der Waals surface area (Å²) in [5.41, 5.74) is 1.72. The average Bonchev–Trinajstić information content (AvgIpc) is 2.97. The quantitative estimate of drug-likeness (QED) is 0.683. The Morgan fingerprint density at radius 3 is 2.37 bits per heavy atom. The van der Waals surface area contributed by atoms with Crippen LogP contribution >= 0.6 is 12.2 Å². The molecule has 1 saturated heterocycles. The van der Waals surface area contributed by atoms with E-state index in [9.17, 15) is 9.59 Å². The highest BCUT2D eigenvalue weighted by Gasteiger charge is 2.18. The van der Waals surface area contributed by atoms with E-state index in [-0.39, 0.29) is 11.5 Å². The summed E-state index contributed by atoms with van der Waals surface area (Å²) in [5.74, 6) is 0.0188. The van der Waals surface area contributed by atoms with Gasteiger partial charge in [-0.25, -0.2) is 0 Å². The fourth-order valence-electron chi connectivity index (χ4n) is 3.62. The van der Waals surface area contributed by atoms with Gasteiger partial charge < -0.3 is 9.88 Å². The molecular weight excluding hydrogens is 358 g/mol. The summed E-state index contributed by atoms with van der Waals surface area (Å²) in [5, 5.41) is 0.514. The number of aromatic amines is 1. The number of hydrogen-bond donors (Lipinski definition) is 1. The van der Waals surface area contributed by atoms with Crippen molar-refractivity contribution in [2.45, 2.75) is 25.7 Å². The van der Waals surface area contributed by atoms with Gasteiger partial charge in [-0.05, 0) is 55.4 Å². The van der Waals surface area contributed by atoms with Gasteiger partial charge >= 0.3 is 0 Å². The molecule has 27 heavy (non-hydrogen) atoms. The molecule has 1 aliphatic heterocycles. The van der Waals surface area contributed by atoms with Crippen LogP contribution in [-0.4, -0.2) is 33.4 Å². The molecule has 4 rings (SSSR count). The summed E-state index contributed by atoms with van der Waals surface area (Å²) >= 11 is 5.41. The Morgan fingerprint density at radius 1 is 0.963 bits per heavy atom. The molecule has 2 aromatic carbocycles. The summed E-state index contributed by atoms with van der Waals surface area (Å²) in [4.78, 5) is 30.8. The molecule has 0 spiro atoms. The SMILES string of the molecule is O=C(c1ccc2c(=O)n(-c3ccccc3)c(=S)[nH]c2c1)N1CCCCCC1. The third-order valence-corrected chi connectivity index (χ3v) is 5.34. The molecular formula is C21H21N3O2S. The van der Waals surface area contributed by atoms with Gasteiger partial charge in [0.1, 0.15) is 0 Å². The Bertz CT molecular complexity index is 1090. The van der Waals surface area contributed by atoms with Crippen LogP contribution in [0.4, 0.5) is 0 Å². The molecule has 1 amide bonds. The molecule has 0 radical (unpaired) electrons. The lowest BCUT2D eigenvalue weighted by Gasteiger charge is -2.20. The average molecular weight is 379 g/mol. The normalized spacial score (nSPS) is 14.9. The highest BCUT2D eigenvalue weighted by Crippen LogP contribution is 2.17. The number of hydrogen-bond acceptors (Lipinski definition) is 3. The third kappa shape index (κ3) is 3.45. The van der Waals surface area contributed by atoms with Crippen molar-refractivity contribution >= 4 is 29.0 Å². The van der Waals surface area contributed by atoms with Gasteiger partial charge in [0.15, 0.2) is 4.77 Å². The zero-order valence-electron chi connectivity index (χ0n) is 15.0. The summed E-state index contributed by atoms with van der Waals surface area (Å²) in [6.45, 7) is 1.59. The van der Waals surface area contributed by atoms with Gasteiger partial charge in [0.25, 0.3) is 11.5 Å². The van der Waals surface area contributed by atoms with Gasteiger partial charge in [-0.1, -0.05) is 31.0 Å². The van der Waals surface area contributed by atoms with Crippen LogP contribution in [0.2, 0.25) is 0 Å². The second kappa shape index (κ2) is 7.48. The highest BCUT2D eigenvalue weighted by molar-refractivity contribution is 7.71. The Morgan fingerprint density at radius 2 is 1.67 bits per heavy atom. The predicted molar refractivity (Wildman–Crippen MR) is 109 cm³/mol. The van der Waals surface area contributed by atoms with Crippen LogP contribution in [0.25, 0.3) is 16.6 Å². The molecule has 0 aliphatic carbocycles. The van der Waals surface area contributed by atoms with Crippen molar-refractivity contribution in [1.29, 1.82) is 0 Å². The molecule has 1 aromatic heterocycles. The number of rotatable bonds is 2. The minimum absolute atomic E-state index is 0.0188. The maximum absolute atomic E-state index is 13.0. The van der Waals surface area contributed by atoms with Crippen LogP contribution in [0.1, 0.15) is 36.0 Å². The number of likely N-dealkylation sites (tertiary alicyclic amines) is 1. The number of carbonyl (C=O) groups excluding carboxylic acids is 1. The Hall–Kier alpha value is -2.73. The number of nitrogens with one attached hydrogen (secondary N) is 1. The van der Waals surface area contributed by atoms with E-state index < -0.39 is 0 Å². The molecule has 3 aromatic rings. The van der Waals surface area contributed by atoms with Crippen molar-refractivity contribution < 1.29 is 4.79 Å². The van der Waals surface area contributed by atoms with Crippen LogP contribution in [-0.2, 0) is 0 Å². The molecule has 0 atom stereocenters. The van der Waals surface area contributed by atoms with Gasteiger partial charge in [-0.3, -0.25) is 14.2 Å². The molecule has 1 fully saturated rings. The number of aromatic nitrogens is 2. The van der Waals surface area contributed by atoms with Crippen molar-refractivity contribution in [2.24, 2.45) is 0 Å². The molecule has 138 valence electrons. The minimum Gasteiger partial charge on any atom is -0.339 e. The van der Waals surface area contributed by atoms with Gasteiger partial charge in [0.05, 0.1) is 16.6 Å². The first kappa shape index (κ1) is 17.7. The number of nitrogens with zero attached hydrogens (tertiary/aromatic N) is 2. The maximum atomic E-state index is 13.0. The lowest BCUT2D eigenvalue weighted by atomic mass is 10.1. The fraction of sp³-hybridized carbons (Fsp3) is 0.286. The summed E-state index contributed by atoms with van der Waals surface area (Å²) < 4.78 is 1.80. The van der Waals surface area contributed by atoms with Gasteiger partial charge in [0, 0.05) is 18.7 Å². The fourth-order valence-corrected chi connectivity index (χ4v) is 3.92. The second-order valence-corrected chi connectivity index (χ2v) is 7.26. The second-order valence-electron chi connectivity index (χ2n) is 6.87. The number of carbonyl (C=O) groups is 1. The zero-order valence-corrected chi connectivity index (χ0v) is 15.8. The standard InChI is InChI=1S/C21H21N3O2S/c25-19(23-12-6-1-2-7-13-23)15-10-11-17-18(14-15)22-21(27)24(20(17)26)16-8-4-3-5-9-16/h3-5,8-11,14H,1-2,6-7,12-13H2,(H,22,27). The molecule has 0 bridgehead atoms. The number of benzene rings is 2. The topological polar surface area (TPSA) is 58.1 Å².